The Morgan fingerprint density at radius 3 is 2.71 bits per heavy atom. The molecule has 0 atom stereocenters. The van der Waals surface area contributed by atoms with E-state index in [-0.39, 0.29) is 11.6 Å². The highest BCUT2D eigenvalue weighted by molar-refractivity contribution is 9.10. The van der Waals surface area contributed by atoms with Crippen molar-refractivity contribution in [1.29, 1.82) is 0 Å². The molecule has 6 heteroatoms. The van der Waals surface area contributed by atoms with Gasteiger partial charge >= 0.3 is 0 Å². The summed E-state index contributed by atoms with van der Waals surface area (Å²) in [4.78, 5) is 13.3. The number of anilines is 1. The van der Waals surface area contributed by atoms with E-state index in [9.17, 15) is 4.79 Å². The molecule has 1 aromatic carbocycles. The summed E-state index contributed by atoms with van der Waals surface area (Å²) in [6, 6.07) is 10.3. The Labute approximate surface area is 137 Å². The molecule has 0 unspecified atom stereocenters. The van der Waals surface area contributed by atoms with E-state index in [1.807, 2.05) is 32.0 Å². The second-order valence-corrected chi connectivity index (χ2v) is 6.77. The summed E-state index contributed by atoms with van der Waals surface area (Å²) < 4.78 is 2.00. The number of benzene rings is 1. The average Bonchev–Trinajstić information content (AvgIpc) is 2.48. The molecule has 0 spiro atoms. The van der Waals surface area contributed by atoms with E-state index in [0.717, 1.165) is 18.0 Å². The van der Waals surface area contributed by atoms with E-state index < -0.39 is 0 Å². The third-order valence-electron chi connectivity index (χ3n) is 2.86. The molecule has 0 aliphatic heterocycles. The molecule has 21 heavy (non-hydrogen) atoms. The zero-order valence-corrected chi connectivity index (χ0v) is 14.4. The van der Waals surface area contributed by atoms with Crippen molar-refractivity contribution in [2.45, 2.75) is 24.8 Å². The molecule has 1 N–H and O–H groups in total. The number of rotatable bonds is 6. The van der Waals surface area contributed by atoms with Gasteiger partial charge in [-0.3, -0.25) is 4.79 Å². The Hall–Kier alpha value is -1.27. The maximum absolute atomic E-state index is 12.1. The topological polar surface area (TPSA) is 46.9 Å². The lowest BCUT2D eigenvalue weighted by atomic mass is 10.4. The Morgan fingerprint density at radius 2 is 2.05 bits per heavy atom. The fraction of sp³-hybridized carbons (Fsp3) is 0.333. The molecule has 2 aromatic rings. The molecule has 1 aromatic heterocycles. The van der Waals surface area contributed by atoms with Gasteiger partial charge in [0.2, 0.25) is 0 Å². The zero-order chi connectivity index (χ0) is 15.2. The van der Waals surface area contributed by atoms with Crippen LogP contribution in [0.3, 0.4) is 0 Å². The van der Waals surface area contributed by atoms with Crippen molar-refractivity contribution >= 4 is 33.4 Å². The minimum absolute atomic E-state index is 0.0523. The van der Waals surface area contributed by atoms with Crippen LogP contribution in [0.15, 0.2) is 50.7 Å². The third-order valence-corrected chi connectivity index (χ3v) is 4.64. The Bertz CT molecular complexity index is 643. The first-order valence-electron chi connectivity index (χ1n) is 6.78. The fourth-order valence-electron chi connectivity index (χ4n) is 1.81. The summed E-state index contributed by atoms with van der Waals surface area (Å²) in [6.07, 6.45) is 1.69. The normalized spacial score (nSPS) is 10.9. The summed E-state index contributed by atoms with van der Waals surface area (Å²) in [5.74, 6) is 0.920. The zero-order valence-electron chi connectivity index (χ0n) is 12.0. The van der Waals surface area contributed by atoms with Gasteiger partial charge in [-0.15, -0.1) is 11.8 Å². The molecule has 0 aliphatic rings. The number of aromatic nitrogens is 2. The molecule has 0 radical (unpaired) electrons. The minimum Gasteiger partial charge on any atom is -0.382 e. The van der Waals surface area contributed by atoms with Gasteiger partial charge in [-0.1, -0.05) is 18.2 Å². The number of halogens is 1. The van der Waals surface area contributed by atoms with Crippen LogP contribution in [-0.2, 0) is 0 Å². The van der Waals surface area contributed by atoms with E-state index >= 15 is 0 Å². The SMILES string of the molecule is CC(C)n1ncc(NCCSc2ccccc2)c(Br)c1=O. The van der Waals surface area contributed by atoms with Crippen molar-refractivity contribution in [2.24, 2.45) is 0 Å². The lowest BCUT2D eigenvalue weighted by Gasteiger charge is -2.12. The van der Waals surface area contributed by atoms with E-state index in [0.29, 0.717) is 4.47 Å². The van der Waals surface area contributed by atoms with Crippen LogP contribution in [0.25, 0.3) is 0 Å². The number of hydrogen-bond donors (Lipinski definition) is 1. The molecular weight excluding hydrogens is 350 g/mol. The van der Waals surface area contributed by atoms with Crippen molar-refractivity contribution in [3.8, 4) is 0 Å². The van der Waals surface area contributed by atoms with Crippen LogP contribution >= 0.6 is 27.7 Å². The molecule has 0 saturated heterocycles. The Balaban J connectivity index is 1.92. The van der Waals surface area contributed by atoms with Crippen LogP contribution in [0, 0.1) is 0 Å². The van der Waals surface area contributed by atoms with Gasteiger partial charge in [-0.2, -0.15) is 5.10 Å². The quantitative estimate of drug-likeness (QED) is 0.623. The van der Waals surface area contributed by atoms with E-state index in [4.69, 9.17) is 0 Å². The molecule has 4 nitrogen and oxygen atoms in total. The summed E-state index contributed by atoms with van der Waals surface area (Å²) in [5, 5.41) is 7.43. The first-order chi connectivity index (χ1) is 10.1. The summed E-state index contributed by atoms with van der Waals surface area (Å²) >= 11 is 5.13. The molecule has 112 valence electrons. The van der Waals surface area contributed by atoms with Crippen molar-refractivity contribution < 1.29 is 0 Å². The average molecular weight is 368 g/mol. The molecular formula is C15H18BrN3OS. The van der Waals surface area contributed by atoms with Gasteiger partial charge in [0.05, 0.1) is 17.9 Å². The van der Waals surface area contributed by atoms with Gasteiger partial charge in [-0.05, 0) is 41.9 Å². The van der Waals surface area contributed by atoms with Crippen LogP contribution in [0.2, 0.25) is 0 Å². The lowest BCUT2D eigenvalue weighted by molar-refractivity contribution is 0.501. The van der Waals surface area contributed by atoms with Crippen molar-refractivity contribution in [2.75, 3.05) is 17.6 Å². The fourth-order valence-corrected chi connectivity index (χ4v) is 3.02. The van der Waals surface area contributed by atoms with E-state index in [2.05, 4.69) is 38.5 Å². The maximum atomic E-state index is 12.1. The van der Waals surface area contributed by atoms with Gasteiger partial charge < -0.3 is 5.32 Å². The molecule has 2 rings (SSSR count). The van der Waals surface area contributed by atoms with E-state index in [1.54, 1.807) is 18.0 Å². The summed E-state index contributed by atoms with van der Waals surface area (Å²) in [7, 11) is 0. The van der Waals surface area contributed by atoms with Gasteiger partial charge in [-0.25, -0.2) is 4.68 Å². The first-order valence-corrected chi connectivity index (χ1v) is 8.56. The number of thioether (sulfide) groups is 1. The van der Waals surface area contributed by atoms with Gasteiger partial charge in [0.15, 0.2) is 0 Å². The second-order valence-electron chi connectivity index (χ2n) is 4.80. The molecule has 0 aliphatic carbocycles. The van der Waals surface area contributed by atoms with Crippen molar-refractivity contribution in [3.05, 3.63) is 51.4 Å². The van der Waals surface area contributed by atoms with Crippen LogP contribution < -0.4 is 10.9 Å². The van der Waals surface area contributed by atoms with Crippen LogP contribution in [-0.4, -0.2) is 22.1 Å². The molecule has 0 amide bonds. The molecule has 0 bridgehead atoms. The highest BCUT2D eigenvalue weighted by atomic mass is 79.9. The first kappa shape index (κ1) is 16.1. The smallest absolute Gasteiger partial charge is 0.283 e. The number of hydrogen-bond acceptors (Lipinski definition) is 4. The summed E-state index contributed by atoms with van der Waals surface area (Å²) in [5.41, 5.74) is 0.635. The van der Waals surface area contributed by atoms with Crippen LogP contribution in [0.5, 0.6) is 0 Å². The predicted molar refractivity (Wildman–Crippen MR) is 92.2 cm³/mol. The second kappa shape index (κ2) is 7.66. The summed E-state index contributed by atoms with van der Waals surface area (Å²) in [6.45, 7) is 4.64. The van der Waals surface area contributed by atoms with Gasteiger partial charge in [0, 0.05) is 17.2 Å². The molecule has 0 fully saturated rings. The van der Waals surface area contributed by atoms with Crippen LogP contribution in [0.4, 0.5) is 5.69 Å². The van der Waals surface area contributed by atoms with Gasteiger partial charge in [0.25, 0.3) is 5.56 Å². The Morgan fingerprint density at radius 1 is 1.33 bits per heavy atom. The Kier molecular flexibility index (Phi) is 5.87. The lowest BCUT2D eigenvalue weighted by Crippen LogP contribution is -2.26. The number of nitrogens with zero attached hydrogens (tertiary/aromatic N) is 2. The standard InChI is InChI=1S/C15H18BrN3OS/c1-11(2)19-15(20)14(16)13(10-18-19)17-8-9-21-12-6-4-3-5-7-12/h3-7,10-11,17H,8-9H2,1-2H3. The molecule has 1 heterocycles. The maximum Gasteiger partial charge on any atom is 0.283 e. The van der Waals surface area contributed by atoms with Gasteiger partial charge in [0.1, 0.15) is 4.47 Å². The number of nitrogens with one attached hydrogen (secondary N) is 1. The molecule has 0 saturated carbocycles. The van der Waals surface area contributed by atoms with Crippen molar-refractivity contribution in [3.63, 3.8) is 0 Å². The minimum atomic E-state index is -0.106. The van der Waals surface area contributed by atoms with E-state index in [1.165, 1.54) is 9.58 Å². The third kappa shape index (κ3) is 4.35. The highest BCUT2D eigenvalue weighted by Gasteiger charge is 2.10. The highest BCUT2D eigenvalue weighted by Crippen LogP contribution is 2.19. The predicted octanol–water partition coefficient (Wildman–Crippen LogP) is 3.79. The van der Waals surface area contributed by atoms with Crippen molar-refractivity contribution in [1.82, 2.24) is 9.78 Å². The largest absolute Gasteiger partial charge is 0.382 e. The van der Waals surface area contributed by atoms with Crippen LogP contribution in [0.1, 0.15) is 19.9 Å². The monoisotopic (exact) mass is 367 g/mol.